The first kappa shape index (κ1) is 20.4. The Bertz CT molecular complexity index is 1310. The van der Waals surface area contributed by atoms with Gasteiger partial charge in [0.2, 0.25) is 5.78 Å². The second kappa shape index (κ2) is 8.08. The van der Waals surface area contributed by atoms with E-state index in [9.17, 15) is 14.4 Å². The van der Waals surface area contributed by atoms with Gasteiger partial charge in [0.15, 0.2) is 5.76 Å². The maximum Gasteiger partial charge on any atom is 0.341 e. The van der Waals surface area contributed by atoms with E-state index in [1.165, 1.54) is 42.3 Å². The van der Waals surface area contributed by atoms with Gasteiger partial charge in [-0.1, -0.05) is 11.6 Å². The van der Waals surface area contributed by atoms with Crippen LogP contribution in [0.4, 0.5) is 0 Å². The van der Waals surface area contributed by atoms with Crippen molar-refractivity contribution in [2.45, 2.75) is 0 Å². The van der Waals surface area contributed by atoms with Crippen molar-refractivity contribution >= 4 is 34.8 Å². The van der Waals surface area contributed by atoms with Crippen LogP contribution in [0.25, 0.3) is 17.0 Å². The van der Waals surface area contributed by atoms with Crippen molar-refractivity contribution in [2.24, 2.45) is 0 Å². The average molecular weight is 439 g/mol. The lowest BCUT2D eigenvalue weighted by Gasteiger charge is -2.06. The van der Waals surface area contributed by atoms with Crippen molar-refractivity contribution in [1.29, 1.82) is 0 Å². The van der Waals surface area contributed by atoms with Gasteiger partial charge < -0.3 is 13.9 Å². The smallest absolute Gasteiger partial charge is 0.341 e. The second-order valence-corrected chi connectivity index (χ2v) is 6.86. The van der Waals surface area contributed by atoms with Gasteiger partial charge in [-0.25, -0.2) is 14.6 Å². The number of nitrogens with zero attached hydrogens (tertiary/aromatic N) is 2. The lowest BCUT2D eigenvalue weighted by atomic mass is 10.0. The van der Waals surface area contributed by atoms with Gasteiger partial charge in [0, 0.05) is 10.6 Å². The number of furan rings is 1. The van der Waals surface area contributed by atoms with Crippen molar-refractivity contribution in [3.8, 4) is 11.5 Å². The van der Waals surface area contributed by atoms with Crippen LogP contribution in [0.3, 0.4) is 0 Å². The molecule has 0 spiro atoms. The van der Waals surface area contributed by atoms with Crippen LogP contribution < -0.4 is 0 Å². The molecule has 9 heteroatoms. The van der Waals surface area contributed by atoms with Crippen LogP contribution >= 0.6 is 11.6 Å². The van der Waals surface area contributed by atoms with Crippen molar-refractivity contribution in [3.05, 3.63) is 82.5 Å². The molecule has 0 bridgehead atoms. The molecule has 0 saturated heterocycles. The Kier molecular flexibility index (Phi) is 5.31. The summed E-state index contributed by atoms with van der Waals surface area (Å²) in [7, 11) is 2.34. The number of ketones is 1. The molecule has 0 fully saturated rings. The Labute approximate surface area is 181 Å². The monoisotopic (exact) mass is 438 g/mol. The van der Waals surface area contributed by atoms with Crippen LogP contribution in [-0.4, -0.2) is 41.3 Å². The Morgan fingerprint density at radius 1 is 1.00 bits per heavy atom. The Balaban J connectivity index is 2.05. The Morgan fingerprint density at radius 2 is 1.68 bits per heavy atom. The van der Waals surface area contributed by atoms with E-state index in [0.717, 1.165) is 7.11 Å². The molecule has 156 valence electrons. The highest BCUT2D eigenvalue weighted by Gasteiger charge is 2.33. The quantitative estimate of drug-likeness (QED) is 0.342. The third kappa shape index (κ3) is 3.47. The number of rotatable bonds is 5. The summed E-state index contributed by atoms with van der Waals surface area (Å²) in [6, 6.07) is 11.1. The number of ether oxygens (including phenoxy) is 2. The molecule has 1 aromatic carbocycles. The lowest BCUT2D eigenvalue weighted by Crippen LogP contribution is -2.15. The molecule has 3 aromatic heterocycles. The summed E-state index contributed by atoms with van der Waals surface area (Å²) in [5.41, 5.74) is 0.506. The van der Waals surface area contributed by atoms with Crippen LogP contribution in [0.2, 0.25) is 5.02 Å². The fourth-order valence-corrected chi connectivity index (χ4v) is 3.41. The third-order valence-corrected chi connectivity index (χ3v) is 4.96. The first-order valence-corrected chi connectivity index (χ1v) is 9.39. The Morgan fingerprint density at radius 3 is 2.29 bits per heavy atom. The van der Waals surface area contributed by atoms with E-state index in [1.807, 2.05) is 0 Å². The van der Waals surface area contributed by atoms with E-state index in [2.05, 4.69) is 4.98 Å². The molecule has 0 aliphatic rings. The van der Waals surface area contributed by atoms with E-state index < -0.39 is 17.7 Å². The normalized spacial score (nSPS) is 10.8. The number of carbonyl (C=O) groups excluding carboxylic acids is 3. The van der Waals surface area contributed by atoms with E-state index >= 15 is 0 Å². The lowest BCUT2D eigenvalue weighted by molar-refractivity contribution is 0.0556. The molecule has 4 aromatic rings. The predicted octanol–water partition coefficient (Wildman–Crippen LogP) is 4.05. The number of fused-ring (bicyclic) bond motifs is 1. The average Bonchev–Trinajstić information content (AvgIpc) is 3.44. The summed E-state index contributed by atoms with van der Waals surface area (Å²) < 4.78 is 16.5. The first-order chi connectivity index (χ1) is 15.0. The number of esters is 2. The molecule has 0 amide bonds. The van der Waals surface area contributed by atoms with Gasteiger partial charge in [0.1, 0.15) is 28.8 Å². The standard InChI is InChI=1S/C22H15ClN2O6/c1-29-21(27)17-15-10-14(16-4-3-9-31-16)24-11-25(15)19(18(17)22(28)30-2)20(26)12-5-7-13(23)8-6-12/h3-11H,1-2H3. The second-order valence-electron chi connectivity index (χ2n) is 6.42. The minimum Gasteiger partial charge on any atom is -0.465 e. The summed E-state index contributed by atoms with van der Waals surface area (Å²) in [6.07, 6.45) is 2.82. The van der Waals surface area contributed by atoms with Crippen LogP contribution in [-0.2, 0) is 9.47 Å². The summed E-state index contributed by atoms with van der Waals surface area (Å²) in [6.45, 7) is 0. The SMILES string of the molecule is COC(=O)c1c(C(=O)OC)c2cc(-c3ccco3)ncn2c1C(=O)c1ccc(Cl)cc1. The summed E-state index contributed by atoms with van der Waals surface area (Å²) in [5, 5.41) is 0.449. The fraction of sp³-hybridized carbons (Fsp3) is 0.0909. The van der Waals surface area contributed by atoms with Gasteiger partial charge >= 0.3 is 11.9 Å². The van der Waals surface area contributed by atoms with E-state index in [4.69, 9.17) is 25.5 Å². The van der Waals surface area contributed by atoms with Crippen molar-refractivity contribution in [2.75, 3.05) is 14.2 Å². The van der Waals surface area contributed by atoms with E-state index in [1.54, 1.807) is 24.3 Å². The van der Waals surface area contributed by atoms with E-state index in [0.29, 0.717) is 16.5 Å². The molecule has 0 unspecified atom stereocenters. The zero-order valence-electron chi connectivity index (χ0n) is 16.4. The van der Waals surface area contributed by atoms with Gasteiger partial charge in [-0.2, -0.15) is 0 Å². The molecule has 0 atom stereocenters. The van der Waals surface area contributed by atoms with Crippen molar-refractivity contribution < 1.29 is 28.3 Å². The third-order valence-electron chi connectivity index (χ3n) is 4.70. The number of aromatic nitrogens is 2. The number of carbonyl (C=O) groups is 3. The van der Waals surface area contributed by atoms with Gasteiger partial charge in [-0.15, -0.1) is 0 Å². The molecule has 0 radical (unpaired) electrons. The zero-order chi connectivity index (χ0) is 22.1. The first-order valence-electron chi connectivity index (χ1n) is 9.01. The molecule has 0 aliphatic carbocycles. The predicted molar refractivity (Wildman–Crippen MR) is 110 cm³/mol. The molecular formula is C22H15ClN2O6. The summed E-state index contributed by atoms with van der Waals surface area (Å²) >= 11 is 5.92. The van der Waals surface area contributed by atoms with Gasteiger partial charge in [0.25, 0.3) is 0 Å². The molecule has 0 N–H and O–H groups in total. The molecule has 3 heterocycles. The minimum absolute atomic E-state index is 0.0805. The molecular weight excluding hydrogens is 424 g/mol. The van der Waals surface area contributed by atoms with Gasteiger partial charge in [-0.3, -0.25) is 9.20 Å². The molecule has 0 saturated carbocycles. The molecule has 31 heavy (non-hydrogen) atoms. The zero-order valence-corrected chi connectivity index (χ0v) is 17.2. The molecule has 8 nitrogen and oxygen atoms in total. The molecule has 0 aliphatic heterocycles. The highest BCUT2D eigenvalue weighted by atomic mass is 35.5. The number of hydrogen-bond donors (Lipinski definition) is 0. The van der Waals surface area contributed by atoms with Crippen molar-refractivity contribution in [3.63, 3.8) is 0 Å². The van der Waals surface area contributed by atoms with Crippen LogP contribution in [0, 0.1) is 0 Å². The van der Waals surface area contributed by atoms with Gasteiger partial charge in [-0.05, 0) is 42.5 Å². The van der Waals surface area contributed by atoms with Crippen molar-refractivity contribution in [1.82, 2.24) is 9.38 Å². The largest absolute Gasteiger partial charge is 0.465 e. The maximum atomic E-state index is 13.4. The van der Waals surface area contributed by atoms with Crippen LogP contribution in [0.1, 0.15) is 36.8 Å². The summed E-state index contributed by atoms with van der Waals surface area (Å²) in [4.78, 5) is 43.1. The highest BCUT2D eigenvalue weighted by Crippen LogP contribution is 2.30. The molecule has 4 rings (SSSR count). The minimum atomic E-state index is -0.860. The summed E-state index contributed by atoms with van der Waals surface area (Å²) in [5.74, 6) is -1.73. The topological polar surface area (TPSA) is 100 Å². The number of methoxy groups -OCH3 is 2. The van der Waals surface area contributed by atoms with Gasteiger partial charge in [0.05, 0.1) is 26.0 Å². The van der Waals surface area contributed by atoms with E-state index in [-0.39, 0.29) is 27.9 Å². The highest BCUT2D eigenvalue weighted by molar-refractivity contribution is 6.30. The number of hydrogen-bond acceptors (Lipinski definition) is 7. The Hall–Kier alpha value is -3.91. The number of benzene rings is 1. The maximum absolute atomic E-state index is 13.4. The van der Waals surface area contributed by atoms with Crippen LogP contribution in [0.5, 0.6) is 0 Å². The van der Waals surface area contributed by atoms with Crippen LogP contribution in [0.15, 0.2) is 59.5 Å². The number of halogens is 1. The fourth-order valence-electron chi connectivity index (χ4n) is 3.29.